The van der Waals surface area contributed by atoms with Crippen LogP contribution >= 0.6 is 22.9 Å². The Morgan fingerprint density at radius 1 is 1.50 bits per heavy atom. The van der Waals surface area contributed by atoms with E-state index in [0.29, 0.717) is 0 Å². The molecule has 1 atom stereocenters. The van der Waals surface area contributed by atoms with E-state index in [4.69, 9.17) is 11.6 Å². The Morgan fingerprint density at radius 2 is 2.23 bits per heavy atom. The molecule has 22 heavy (non-hydrogen) atoms. The molecule has 0 aliphatic rings. The van der Waals surface area contributed by atoms with Crippen LogP contribution in [0.25, 0.3) is 0 Å². The lowest BCUT2D eigenvalue weighted by molar-refractivity contribution is -0.384. The van der Waals surface area contributed by atoms with Gasteiger partial charge in [0.15, 0.2) is 0 Å². The van der Waals surface area contributed by atoms with Gasteiger partial charge in [-0.3, -0.25) is 14.9 Å². The minimum Gasteiger partial charge on any atom is -0.383 e. The molecule has 0 spiro atoms. The Bertz CT molecular complexity index is 701. The molecule has 0 saturated carbocycles. The first-order chi connectivity index (χ1) is 10.3. The van der Waals surface area contributed by atoms with Gasteiger partial charge in [-0.05, 0) is 30.5 Å². The van der Waals surface area contributed by atoms with Gasteiger partial charge in [-0.2, -0.15) is 0 Å². The van der Waals surface area contributed by atoms with Crippen LogP contribution in [0.1, 0.15) is 22.2 Å². The zero-order valence-electron chi connectivity index (χ0n) is 11.6. The first kappa shape index (κ1) is 16.4. The van der Waals surface area contributed by atoms with Crippen LogP contribution in [0.5, 0.6) is 0 Å². The maximum absolute atomic E-state index is 12.0. The number of thiophene rings is 1. The van der Waals surface area contributed by atoms with Gasteiger partial charge in [0.25, 0.3) is 11.6 Å². The van der Waals surface area contributed by atoms with E-state index in [2.05, 4.69) is 5.32 Å². The maximum Gasteiger partial charge on any atom is 0.287 e. The standard InChI is InChI=1S/C14H13ClN2O4S/c1-14(19,12-3-2-6-22-12)8-16-13(18)9-4-5-11(17(20)21)10(15)7-9/h2-7,19H,8H2,1H3,(H,16,18). The summed E-state index contributed by atoms with van der Waals surface area (Å²) in [6.45, 7) is 1.61. The zero-order chi connectivity index (χ0) is 16.3. The van der Waals surface area contributed by atoms with Gasteiger partial charge in [0.2, 0.25) is 0 Å². The maximum atomic E-state index is 12.0. The summed E-state index contributed by atoms with van der Waals surface area (Å²) in [5.41, 5.74) is -1.25. The number of halogens is 1. The van der Waals surface area contributed by atoms with Crippen LogP contribution in [0, 0.1) is 10.1 Å². The minimum absolute atomic E-state index is 0.0148. The van der Waals surface area contributed by atoms with E-state index in [-0.39, 0.29) is 22.8 Å². The largest absolute Gasteiger partial charge is 0.383 e. The third-order valence-corrected chi connectivity index (χ3v) is 4.48. The molecule has 0 bridgehead atoms. The number of carbonyl (C=O) groups excluding carboxylic acids is 1. The van der Waals surface area contributed by atoms with Crippen LogP contribution in [0.15, 0.2) is 35.7 Å². The van der Waals surface area contributed by atoms with E-state index >= 15 is 0 Å². The van der Waals surface area contributed by atoms with E-state index in [1.165, 1.54) is 29.5 Å². The number of nitrogens with zero attached hydrogens (tertiary/aromatic N) is 1. The fourth-order valence-electron chi connectivity index (χ4n) is 1.82. The number of amides is 1. The Morgan fingerprint density at radius 3 is 2.77 bits per heavy atom. The molecule has 2 rings (SSSR count). The average Bonchev–Trinajstić information content (AvgIpc) is 2.99. The van der Waals surface area contributed by atoms with Crippen molar-refractivity contribution < 1.29 is 14.8 Å². The molecule has 1 heterocycles. The Kier molecular flexibility index (Phi) is 4.80. The number of nitro benzene ring substituents is 1. The number of hydrogen-bond donors (Lipinski definition) is 2. The number of nitro groups is 1. The third kappa shape index (κ3) is 3.62. The monoisotopic (exact) mass is 340 g/mol. The number of aliphatic hydroxyl groups is 1. The summed E-state index contributed by atoms with van der Waals surface area (Å²) in [6, 6.07) is 7.31. The molecule has 1 amide bonds. The van der Waals surface area contributed by atoms with E-state index in [1.807, 2.05) is 11.4 Å². The zero-order valence-corrected chi connectivity index (χ0v) is 13.1. The fourth-order valence-corrected chi connectivity index (χ4v) is 2.86. The van der Waals surface area contributed by atoms with Crippen LogP contribution in [-0.4, -0.2) is 22.5 Å². The smallest absolute Gasteiger partial charge is 0.287 e. The van der Waals surface area contributed by atoms with Crippen LogP contribution in [0.2, 0.25) is 5.02 Å². The lowest BCUT2D eigenvalue weighted by atomic mass is 10.0. The Hall–Kier alpha value is -1.96. The summed E-state index contributed by atoms with van der Waals surface area (Å²) in [6.07, 6.45) is 0. The number of hydrogen-bond acceptors (Lipinski definition) is 5. The van der Waals surface area contributed by atoms with Gasteiger partial charge < -0.3 is 10.4 Å². The first-order valence-electron chi connectivity index (χ1n) is 6.30. The highest BCUT2D eigenvalue weighted by Gasteiger charge is 2.25. The van der Waals surface area contributed by atoms with Gasteiger partial charge in [-0.25, -0.2) is 0 Å². The van der Waals surface area contributed by atoms with Crippen LogP contribution in [0.3, 0.4) is 0 Å². The third-order valence-electron chi connectivity index (χ3n) is 3.05. The summed E-state index contributed by atoms with van der Waals surface area (Å²) < 4.78 is 0. The second kappa shape index (κ2) is 6.43. The van der Waals surface area contributed by atoms with E-state index < -0.39 is 16.4 Å². The van der Waals surface area contributed by atoms with Gasteiger partial charge >= 0.3 is 0 Å². The molecule has 0 radical (unpaired) electrons. The van der Waals surface area contributed by atoms with Crippen LogP contribution in [-0.2, 0) is 5.60 Å². The molecule has 116 valence electrons. The quantitative estimate of drug-likeness (QED) is 0.646. The van der Waals surface area contributed by atoms with Crippen molar-refractivity contribution in [3.05, 3.63) is 61.3 Å². The van der Waals surface area contributed by atoms with E-state index in [1.54, 1.807) is 13.0 Å². The molecule has 8 heteroatoms. The van der Waals surface area contributed by atoms with Crippen molar-refractivity contribution >= 4 is 34.5 Å². The second-order valence-electron chi connectivity index (χ2n) is 4.86. The lowest BCUT2D eigenvalue weighted by Gasteiger charge is -2.22. The molecule has 2 N–H and O–H groups in total. The first-order valence-corrected chi connectivity index (χ1v) is 7.55. The molecule has 6 nitrogen and oxygen atoms in total. The van der Waals surface area contributed by atoms with Gasteiger partial charge in [0.1, 0.15) is 10.6 Å². The predicted molar refractivity (Wildman–Crippen MR) is 84.3 cm³/mol. The van der Waals surface area contributed by atoms with Crippen molar-refractivity contribution in [2.24, 2.45) is 0 Å². The lowest BCUT2D eigenvalue weighted by Crippen LogP contribution is -2.38. The molecule has 0 saturated heterocycles. The Labute approximate surface area is 135 Å². The molecular formula is C14H13ClN2O4S. The second-order valence-corrected chi connectivity index (χ2v) is 6.21. The number of benzene rings is 1. The van der Waals surface area contributed by atoms with Crippen molar-refractivity contribution in [2.45, 2.75) is 12.5 Å². The molecule has 2 aromatic rings. The number of rotatable bonds is 5. The summed E-state index contributed by atoms with van der Waals surface area (Å²) in [4.78, 5) is 22.8. The fraction of sp³-hybridized carbons (Fsp3) is 0.214. The van der Waals surface area contributed by atoms with E-state index in [9.17, 15) is 20.0 Å². The van der Waals surface area contributed by atoms with Gasteiger partial charge in [0, 0.05) is 16.5 Å². The molecule has 1 aromatic heterocycles. The highest BCUT2D eigenvalue weighted by atomic mass is 35.5. The minimum atomic E-state index is -1.19. The number of nitrogens with one attached hydrogen (secondary N) is 1. The van der Waals surface area contributed by atoms with Gasteiger partial charge in [-0.15, -0.1) is 11.3 Å². The SMILES string of the molecule is CC(O)(CNC(=O)c1ccc([N+](=O)[O-])c(Cl)c1)c1cccs1. The average molecular weight is 341 g/mol. The highest BCUT2D eigenvalue weighted by molar-refractivity contribution is 7.10. The molecule has 0 aliphatic heterocycles. The topological polar surface area (TPSA) is 92.5 Å². The molecular weight excluding hydrogens is 328 g/mol. The molecule has 0 fully saturated rings. The van der Waals surface area contributed by atoms with Crippen molar-refractivity contribution in [3.63, 3.8) is 0 Å². The predicted octanol–water partition coefficient (Wildman–Crippen LogP) is 2.95. The van der Waals surface area contributed by atoms with Crippen LogP contribution in [0.4, 0.5) is 5.69 Å². The van der Waals surface area contributed by atoms with Crippen molar-refractivity contribution in [3.8, 4) is 0 Å². The van der Waals surface area contributed by atoms with Crippen molar-refractivity contribution in [2.75, 3.05) is 6.54 Å². The van der Waals surface area contributed by atoms with Gasteiger partial charge in [-0.1, -0.05) is 17.7 Å². The van der Waals surface area contributed by atoms with Gasteiger partial charge in [0.05, 0.1) is 11.5 Å². The molecule has 1 unspecified atom stereocenters. The highest BCUT2D eigenvalue weighted by Crippen LogP contribution is 2.26. The van der Waals surface area contributed by atoms with Crippen LogP contribution < -0.4 is 5.32 Å². The normalized spacial score (nSPS) is 13.4. The number of carbonyl (C=O) groups is 1. The molecule has 1 aromatic carbocycles. The summed E-state index contributed by atoms with van der Waals surface area (Å²) >= 11 is 7.16. The summed E-state index contributed by atoms with van der Waals surface area (Å²) in [5.74, 6) is -0.464. The summed E-state index contributed by atoms with van der Waals surface area (Å²) in [7, 11) is 0. The summed E-state index contributed by atoms with van der Waals surface area (Å²) in [5, 5.41) is 25.3. The van der Waals surface area contributed by atoms with Crippen molar-refractivity contribution in [1.82, 2.24) is 5.32 Å². The van der Waals surface area contributed by atoms with Crippen molar-refractivity contribution in [1.29, 1.82) is 0 Å². The Balaban J connectivity index is 2.07. The molecule has 0 aliphatic carbocycles. The van der Waals surface area contributed by atoms with E-state index in [0.717, 1.165) is 4.88 Å².